The molecule has 0 saturated carbocycles. The second kappa shape index (κ2) is 10.4. The standard InChI is InChI=1S/C60H30F2/c1-27-3-7-39-47(23-27)48-24-28(2)4-8-40(48)56-44-20-16-36-32-12-14-34-38-18-22-46-58-42-10-6-30(62)26-50(42)49-25-29(61)5-9-41(49)57(58)45-21-17-37(54(38)60(45)46)33-13-11-31(51(32)52(33)34)35-15-19-43(55(39)56)59(44)53(35)36/h3-26H,1-2H3. The van der Waals surface area contributed by atoms with Gasteiger partial charge in [0.05, 0.1) is 0 Å². The molecule has 0 atom stereocenters. The highest BCUT2D eigenvalue weighted by Gasteiger charge is 2.32. The smallest absolute Gasteiger partial charge is 0.123 e. The van der Waals surface area contributed by atoms with Gasteiger partial charge in [0, 0.05) is 0 Å². The first-order valence-electron chi connectivity index (χ1n) is 21.5. The minimum Gasteiger partial charge on any atom is -0.207 e. The Labute approximate surface area is 352 Å². The van der Waals surface area contributed by atoms with Crippen molar-refractivity contribution in [2.45, 2.75) is 13.8 Å². The molecule has 284 valence electrons. The number of hydrogen-bond donors (Lipinski definition) is 0. The average molecular weight is 789 g/mol. The van der Waals surface area contributed by atoms with E-state index in [4.69, 9.17) is 0 Å². The maximum Gasteiger partial charge on any atom is 0.123 e. The summed E-state index contributed by atoms with van der Waals surface area (Å²) in [6, 6.07) is 52.2. The van der Waals surface area contributed by atoms with Gasteiger partial charge < -0.3 is 0 Å². The summed E-state index contributed by atoms with van der Waals surface area (Å²) >= 11 is 0. The maximum atomic E-state index is 14.9. The Hall–Kier alpha value is -7.68. The molecule has 0 heterocycles. The fourth-order valence-electron chi connectivity index (χ4n) is 12.9. The summed E-state index contributed by atoms with van der Waals surface area (Å²) in [7, 11) is 0. The highest BCUT2D eigenvalue weighted by atomic mass is 19.1. The monoisotopic (exact) mass is 788 g/mol. The van der Waals surface area contributed by atoms with E-state index in [-0.39, 0.29) is 11.6 Å². The van der Waals surface area contributed by atoms with Crippen molar-refractivity contribution in [2.24, 2.45) is 0 Å². The third-order valence-electron chi connectivity index (χ3n) is 15.2. The van der Waals surface area contributed by atoms with E-state index in [0.29, 0.717) is 0 Å². The summed E-state index contributed by atoms with van der Waals surface area (Å²) in [5.74, 6) is -0.644. The molecule has 0 aromatic heterocycles. The molecule has 0 unspecified atom stereocenters. The molecular weight excluding hydrogens is 759 g/mol. The van der Waals surface area contributed by atoms with Crippen LogP contribution in [0.2, 0.25) is 0 Å². The van der Waals surface area contributed by atoms with E-state index in [0.717, 1.165) is 43.8 Å². The van der Waals surface area contributed by atoms with E-state index in [1.807, 2.05) is 12.1 Å². The van der Waals surface area contributed by atoms with Crippen molar-refractivity contribution in [1.29, 1.82) is 0 Å². The lowest BCUT2D eigenvalue weighted by atomic mass is 9.82. The predicted octanol–water partition coefficient (Wildman–Crippen LogP) is 17.4. The fraction of sp³-hybridized carbons (Fsp3) is 0.0333. The first kappa shape index (κ1) is 32.1. The lowest BCUT2D eigenvalue weighted by Gasteiger charge is -2.20. The second-order valence-corrected chi connectivity index (χ2v) is 18.2. The number of benzene rings is 14. The van der Waals surface area contributed by atoms with Crippen molar-refractivity contribution >= 4 is 118 Å². The highest BCUT2D eigenvalue weighted by molar-refractivity contribution is 6.46. The summed E-state index contributed by atoms with van der Waals surface area (Å²) in [6.45, 7) is 4.39. The van der Waals surface area contributed by atoms with Gasteiger partial charge in [0.2, 0.25) is 0 Å². The fourth-order valence-corrected chi connectivity index (χ4v) is 12.9. The zero-order chi connectivity index (χ0) is 40.6. The molecule has 16 rings (SSSR count). The molecule has 0 saturated heterocycles. The van der Waals surface area contributed by atoms with E-state index in [1.54, 1.807) is 12.1 Å². The lowest BCUT2D eigenvalue weighted by Crippen LogP contribution is -1.92. The van der Waals surface area contributed by atoms with Crippen LogP contribution in [0.1, 0.15) is 11.1 Å². The molecule has 14 aromatic carbocycles. The van der Waals surface area contributed by atoms with Crippen LogP contribution in [0.3, 0.4) is 0 Å². The predicted molar refractivity (Wildman–Crippen MR) is 260 cm³/mol. The van der Waals surface area contributed by atoms with Gasteiger partial charge in [-0.2, -0.15) is 0 Å². The summed E-state index contributed by atoms with van der Waals surface area (Å²) in [5.41, 5.74) is 12.4. The van der Waals surface area contributed by atoms with Crippen molar-refractivity contribution < 1.29 is 8.78 Å². The minimum absolute atomic E-state index is 0.322. The molecule has 14 aromatic rings. The van der Waals surface area contributed by atoms with Gasteiger partial charge in [0.25, 0.3) is 0 Å². The maximum absolute atomic E-state index is 14.9. The third kappa shape index (κ3) is 3.50. The normalized spacial score (nSPS) is 13.2. The van der Waals surface area contributed by atoms with Crippen LogP contribution in [-0.2, 0) is 0 Å². The third-order valence-corrected chi connectivity index (χ3v) is 15.2. The molecule has 2 aliphatic carbocycles. The molecule has 0 nitrogen and oxygen atoms in total. The second-order valence-electron chi connectivity index (χ2n) is 18.2. The Morgan fingerprint density at radius 3 is 0.790 bits per heavy atom. The highest BCUT2D eigenvalue weighted by Crippen LogP contribution is 2.59. The number of halogens is 2. The first-order valence-corrected chi connectivity index (χ1v) is 21.5. The SMILES string of the molecule is Cc1ccc2c3c(c4ccc(C)cc4c2c1)-c1ccc2c4ccc5c6ccc7c8c(ccc(c9ccc(c%10ccc-3c1c%102)c4c95)c86)-c1c-7c2ccc(F)cc2c2cc(F)ccc12. The minimum atomic E-state index is -0.322. The van der Waals surface area contributed by atoms with Crippen LogP contribution in [0, 0.1) is 25.5 Å². The van der Waals surface area contributed by atoms with E-state index in [1.165, 1.54) is 142 Å². The molecule has 2 aliphatic rings. The van der Waals surface area contributed by atoms with Gasteiger partial charge in [0.1, 0.15) is 11.6 Å². The van der Waals surface area contributed by atoms with Crippen LogP contribution in [0.5, 0.6) is 0 Å². The van der Waals surface area contributed by atoms with Crippen LogP contribution in [0.15, 0.2) is 146 Å². The van der Waals surface area contributed by atoms with E-state index in [9.17, 15) is 8.78 Å². The number of hydrogen-bond acceptors (Lipinski definition) is 0. The van der Waals surface area contributed by atoms with Crippen LogP contribution >= 0.6 is 0 Å². The van der Waals surface area contributed by atoms with Gasteiger partial charge >= 0.3 is 0 Å². The van der Waals surface area contributed by atoms with Gasteiger partial charge in [-0.1, -0.05) is 132 Å². The Morgan fingerprint density at radius 2 is 0.468 bits per heavy atom. The molecule has 0 N–H and O–H groups in total. The number of fused-ring (bicyclic) bond motifs is 20. The molecule has 0 aliphatic heterocycles. The largest absolute Gasteiger partial charge is 0.207 e. The molecule has 0 fully saturated rings. The van der Waals surface area contributed by atoms with Gasteiger partial charge in [-0.3, -0.25) is 0 Å². The molecule has 0 spiro atoms. The molecule has 0 amide bonds. The van der Waals surface area contributed by atoms with Crippen molar-refractivity contribution in [3.63, 3.8) is 0 Å². The molecule has 62 heavy (non-hydrogen) atoms. The van der Waals surface area contributed by atoms with Crippen molar-refractivity contribution in [3.8, 4) is 44.5 Å². The molecule has 2 heteroatoms. The van der Waals surface area contributed by atoms with Crippen molar-refractivity contribution in [2.75, 3.05) is 0 Å². The number of rotatable bonds is 0. The average Bonchev–Trinajstić information content (AvgIpc) is 3.82. The topological polar surface area (TPSA) is 0 Å². The van der Waals surface area contributed by atoms with Gasteiger partial charge in [-0.25, -0.2) is 8.78 Å². The summed E-state index contributed by atoms with van der Waals surface area (Å²) in [6.07, 6.45) is 0. The zero-order valence-corrected chi connectivity index (χ0v) is 33.6. The zero-order valence-electron chi connectivity index (χ0n) is 33.6. The Morgan fingerprint density at radius 1 is 0.226 bits per heavy atom. The quantitative estimate of drug-likeness (QED) is 0.106. The van der Waals surface area contributed by atoms with Crippen molar-refractivity contribution in [3.05, 3.63) is 168 Å². The Balaban J connectivity index is 1.02. The van der Waals surface area contributed by atoms with Crippen molar-refractivity contribution in [1.82, 2.24) is 0 Å². The molecular formula is C60H30F2. The van der Waals surface area contributed by atoms with Gasteiger partial charge in [0.15, 0.2) is 0 Å². The van der Waals surface area contributed by atoms with Crippen LogP contribution in [-0.4, -0.2) is 0 Å². The van der Waals surface area contributed by atoms with E-state index in [2.05, 4.69) is 123 Å². The van der Waals surface area contributed by atoms with Gasteiger partial charge in [-0.15, -0.1) is 0 Å². The van der Waals surface area contributed by atoms with Crippen LogP contribution in [0.4, 0.5) is 8.78 Å². The van der Waals surface area contributed by atoms with Crippen LogP contribution < -0.4 is 0 Å². The summed E-state index contributed by atoms with van der Waals surface area (Å²) in [5, 5.41) is 26.6. The summed E-state index contributed by atoms with van der Waals surface area (Å²) < 4.78 is 29.7. The Bertz CT molecular complexity index is 3970. The van der Waals surface area contributed by atoms with Crippen LogP contribution in [0.25, 0.3) is 163 Å². The lowest BCUT2D eigenvalue weighted by molar-refractivity contribution is 0.628. The van der Waals surface area contributed by atoms with E-state index < -0.39 is 0 Å². The first-order chi connectivity index (χ1) is 30.4. The molecule has 0 radical (unpaired) electrons. The Kier molecular flexibility index (Phi) is 5.40. The molecule has 0 bridgehead atoms. The number of aryl methyl sites for hydroxylation is 2. The van der Waals surface area contributed by atoms with E-state index >= 15 is 0 Å². The van der Waals surface area contributed by atoms with Gasteiger partial charge in [-0.05, 0) is 201 Å². The summed E-state index contributed by atoms with van der Waals surface area (Å²) in [4.78, 5) is 0.